The molecule has 4 aromatic rings. The van der Waals surface area contributed by atoms with Crippen LogP contribution in [0.4, 0.5) is 0 Å². The van der Waals surface area contributed by atoms with Gasteiger partial charge in [0.2, 0.25) is 0 Å². The van der Waals surface area contributed by atoms with E-state index in [9.17, 15) is 14.7 Å². The summed E-state index contributed by atoms with van der Waals surface area (Å²) in [5, 5.41) is 14.5. The molecule has 0 unspecified atom stereocenters. The standard InChI is InChI=1S/C38H36ClNO7/c1-27(40-26-33(41)31-17-8-18-32(39)25-31)23-30-19-20-34-35(24-30)47-38(46-34,36(42)44-21-9-15-28-11-4-2-5-12-28)37(43)45-22-10-16-29-13-6-3-7-14-29/h2-20,24-25,27,33,40-41H,21-23,26H2,1H3/b15-9+,16-10+/t27-,33+/m1/s1. The average molecular weight is 654 g/mol. The van der Waals surface area contributed by atoms with Crippen LogP contribution < -0.4 is 14.8 Å². The number of hydrogen-bond donors (Lipinski definition) is 2. The van der Waals surface area contributed by atoms with Gasteiger partial charge in [-0.05, 0) is 72.0 Å². The highest BCUT2D eigenvalue weighted by Gasteiger charge is 2.59. The van der Waals surface area contributed by atoms with E-state index in [-0.39, 0.29) is 30.8 Å². The predicted octanol–water partition coefficient (Wildman–Crippen LogP) is 6.57. The molecule has 0 amide bonds. The van der Waals surface area contributed by atoms with Gasteiger partial charge in [-0.25, -0.2) is 9.59 Å². The Labute approximate surface area is 279 Å². The van der Waals surface area contributed by atoms with Crippen LogP contribution in [0.2, 0.25) is 5.02 Å². The minimum Gasteiger partial charge on any atom is -0.455 e. The molecule has 4 aromatic carbocycles. The predicted molar refractivity (Wildman–Crippen MR) is 181 cm³/mol. The molecule has 1 aliphatic heterocycles. The molecular weight excluding hydrogens is 618 g/mol. The summed E-state index contributed by atoms with van der Waals surface area (Å²) in [5.74, 6) is -4.11. The quantitative estimate of drug-likeness (QED) is 0.116. The maximum Gasteiger partial charge on any atom is 0.453 e. The van der Waals surface area contributed by atoms with E-state index in [2.05, 4.69) is 5.32 Å². The van der Waals surface area contributed by atoms with Crippen molar-refractivity contribution in [1.29, 1.82) is 0 Å². The van der Waals surface area contributed by atoms with Crippen molar-refractivity contribution in [1.82, 2.24) is 5.32 Å². The van der Waals surface area contributed by atoms with Crippen molar-refractivity contribution in [3.8, 4) is 11.5 Å². The number of rotatable bonds is 14. The molecular formula is C38H36ClNO7. The Hall–Kier alpha value is -4.89. The molecule has 0 fully saturated rings. The number of benzene rings is 4. The first-order chi connectivity index (χ1) is 22.8. The number of esters is 2. The second-order valence-electron chi connectivity index (χ2n) is 11.0. The molecule has 0 saturated heterocycles. The van der Waals surface area contributed by atoms with Crippen molar-refractivity contribution in [3.63, 3.8) is 0 Å². The van der Waals surface area contributed by atoms with Gasteiger partial charge >= 0.3 is 17.7 Å². The third-order valence-electron chi connectivity index (χ3n) is 7.33. The van der Waals surface area contributed by atoms with Gasteiger partial charge in [0.05, 0.1) is 6.10 Å². The number of hydrogen-bond acceptors (Lipinski definition) is 8. The maximum atomic E-state index is 13.4. The molecule has 0 aromatic heterocycles. The van der Waals surface area contributed by atoms with E-state index < -0.39 is 23.8 Å². The van der Waals surface area contributed by atoms with Crippen LogP contribution in [0.25, 0.3) is 12.2 Å². The molecule has 0 saturated carbocycles. The lowest BCUT2D eigenvalue weighted by atomic mass is 10.1. The highest BCUT2D eigenvalue weighted by molar-refractivity contribution is 6.30. The van der Waals surface area contributed by atoms with Crippen molar-refractivity contribution in [3.05, 3.63) is 143 Å². The van der Waals surface area contributed by atoms with Gasteiger partial charge in [-0.1, -0.05) is 103 Å². The van der Waals surface area contributed by atoms with Crippen LogP contribution in [0.15, 0.2) is 115 Å². The summed E-state index contributed by atoms with van der Waals surface area (Å²) in [6, 6.07) is 31.3. The van der Waals surface area contributed by atoms with Gasteiger partial charge in [0, 0.05) is 17.6 Å². The number of fused-ring (bicyclic) bond motifs is 1. The number of halogens is 1. The Morgan fingerprint density at radius 2 is 1.40 bits per heavy atom. The largest absolute Gasteiger partial charge is 0.455 e. The van der Waals surface area contributed by atoms with Gasteiger partial charge < -0.3 is 29.4 Å². The van der Waals surface area contributed by atoms with Crippen LogP contribution in [0.3, 0.4) is 0 Å². The van der Waals surface area contributed by atoms with Crippen LogP contribution >= 0.6 is 11.6 Å². The minimum atomic E-state index is -2.47. The molecule has 1 aliphatic rings. The monoisotopic (exact) mass is 653 g/mol. The summed E-state index contributed by atoms with van der Waals surface area (Å²) in [6.07, 6.45) is 6.76. The zero-order valence-electron chi connectivity index (χ0n) is 25.9. The van der Waals surface area contributed by atoms with E-state index in [1.165, 1.54) is 0 Å². The number of carbonyl (C=O) groups excluding carboxylic acids is 2. The number of ether oxygens (including phenoxy) is 4. The highest BCUT2D eigenvalue weighted by Crippen LogP contribution is 2.41. The second-order valence-corrected chi connectivity index (χ2v) is 11.4. The molecule has 0 radical (unpaired) electrons. The van der Waals surface area contributed by atoms with Crippen LogP contribution in [0, 0.1) is 0 Å². The normalized spacial score (nSPS) is 14.6. The summed E-state index contributed by atoms with van der Waals surface area (Å²) < 4.78 is 22.7. The minimum absolute atomic E-state index is 0.0308. The summed E-state index contributed by atoms with van der Waals surface area (Å²) >= 11 is 6.06. The molecule has 2 N–H and O–H groups in total. The lowest BCUT2D eigenvalue weighted by molar-refractivity contribution is -0.201. The van der Waals surface area contributed by atoms with Crippen LogP contribution in [0.1, 0.15) is 35.3 Å². The Morgan fingerprint density at radius 3 is 2.00 bits per heavy atom. The van der Waals surface area contributed by atoms with Gasteiger partial charge in [-0.2, -0.15) is 0 Å². The van der Waals surface area contributed by atoms with E-state index >= 15 is 0 Å². The third kappa shape index (κ3) is 9.10. The van der Waals surface area contributed by atoms with Crippen molar-refractivity contribution in [2.45, 2.75) is 31.3 Å². The summed E-state index contributed by atoms with van der Waals surface area (Å²) in [7, 11) is 0. The molecule has 5 rings (SSSR count). The van der Waals surface area contributed by atoms with Crippen molar-refractivity contribution in [2.75, 3.05) is 19.8 Å². The number of aliphatic hydroxyl groups is 1. The molecule has 0 bridgehead atoms. The Kier molecular flexibility index (Phi) is 11.5. The van der Waals surface area contributed by atoms with Gasteiger partial charge in [0.1, 0.15) is 13.2 Å². The Bertz CT molecular complexity index is 1640. The van der Waals surface area contributed by atoms with Gasteiger partial charge in [-0.3, -0.25) is 0 Å². The smallest absolute Gasteiger partial charge is 0.453 e. The lowest BCUT2D eigenvalue weighted by Crippen LogP contribution is -2.56. The molecule has 47 heavy (non-hydrogen) atoms. The molecule has 1 heterocycles. The van der Waals surface area contributed by atoms with E-state index in [4.69, 9.17) is 30.5 Å². The van der Waals surface area contributed by atoms with E-state index in [1.54, 1.807) is 54.6 Å². The fraction of sp³-hybridized carbons (Fsp3) is 0.211. The first-order valence-corrected chi connectivity index (χ1v) is 15.7. The number of carbonyl (C=O) groups is 2. The van der Waals surface area contributed by atoms with Crippen molar-refractivity contribution < 1.29 is 33.6 Å². The summed E-state index contributed by atoms with van der Waals surface area (Å²) in [6.45, 7) is 2.08. The van der Waals surface area contributed by atoms with Crippen LogP contribution in [0.5, 0.6) is 11.5 Å². The number of aliphatic hydroxyl groups excluding tert-OH is 1. The third-order valence-corrected chi connectivity index (χ3v) is 7.56. The zero-order valence-corrected chi connectivity index (χ0v) is 26.6. The molecule has 2 atom stereocenters. The van der Waals surface area contributed by atoms with E-state index in [0.717, 1.165) is 22.3 Å². The molecule has 9 heteroatoms. The number of nitrogens with one attached hydrogen (secondary N) is 1. The fourth-order valence-electron chi connectivity index (χ4n) is 4.93. The van der Waals surface area contributed by atoms with Crippen LogP contribution in [-0.2, 0) is 25.5 Å². The van der Waals surface area contributed by atoms with Crippen molar-refractivity contribution in [2.24, 2.45) is 0 Å². The zero-order chi connectivity index (χ0) is 33.1. The SMILES string of the molecule is C[C@H](Cc1ccc2c(c1)OC(C(=O)OC/C=C/c1ccccc1)(C(=O)OC/C=C/c1ccccc1)O2)NC[C@H](O)c1cccc(Cl)c1. The highest BCUT2D eigenvalue weighted by atomic mass is 35.5. The molecule has 242 valence electrons. The lowest BCUT2D eigenvalue weighted by Gasteiger charge is -2.22. The average Bonchev–Trinajstić information content (AvgIpc) is 3.49. The molecule has 0 aliphatic carbocycles. The molecule has 8 nitrogen and oxygen atoms in total. The Morgan fingerprint density at radius 1 is 0.809 bits per heavy atom. The van der Waals surface area contributed by atoms with Gasteiger partial charge in [-0.15, -0.1) is 0 Å². The van der Waals surface area contributed by atoms with Crippen LogP contribution in [-0.4, -0.2) is 48.6 Å². The fourth-order valence-corrected chi connectivity index (χ4v) is 5.13. The Balaban J connectivity index is 1.24. The second kappa shape index (κ2) is 16.1. The maximum absolute atomic E-state index is 13.4. The van der Waals surface area contributed by atoms with Crippen molar-refractivity contribution >= 4 is 35.7 Å². The first kappa shape index (κ1) is 33.5. The summed E-state index contributed by atoms with van der Waals surface area (Å²) in [5.41, 5.74) is 3.44. The van der Waals surface area contributed by atoms with Gasteiger partial charge in [0.25, 0.3) is 0 Å². The first-order valence-electron chi connectivity index (χ1n) is 15.3. The molecule has 0 spiro atoms. The summed E-state index contributed by atoms with van der Waals surface area (Å²) in [4.78, 5) is 26.9. The topological polar surface area (TPSA) is 103 Å². The van der Waals surface area contributed by atoms with Gasteiger partial charge in [0.15, 0.2) is 11.5 Å². The van der Waals surface area contributed by atoms with E-state index in [1.807, 2.05) is 79.7 Å². The van der Waals surface area contributed by atoms with E-state index in [0.29, 0.717) is 18.0 Å².